The van der Waals surface area contributed by atoms with Gasteiger partial charge in [-0.25, -0.2) is 4.79 Å². The minimum Gasteiger partial charge on any atom is -0.317 e. The molecule has 2 N–H and O–H groups in total. The van der Waals surface area contributed by atoms with E-state index in [1.165, 1.54) is 4.90 Å². The second kappa shape index (κ2) is 4.66. The van der Waals surface area contributed by atoms with Crippen LogP contribution in [-0.4, -0.2) is 58.9 Å². The van der Waals surface area contributed by atoms with E-state index in [4.69, 9.17) is 4.55 Å². The predicted octanol–water partition coefficient (Wildman–Crippen LogP) is -0.793. The lowest BCUT2D eigenvalue weighted by atomic mass is 9.98. The second-order valence-electron chi connectivity index (χ2n) is 4.96. The van der Waals surface area contributed by atoms with Crippen molar-refractivity contribution in [2.45, 2.75) is 12.1 Å². The first-order valence-electron chi connectivity index (χ1n) is 6.26. The lowest BCUT2D eigenvalue weighted by Crippen LogP contribution is -2.40. The Bertz CT molecular complexity index is 686. The fourth-order valence-corrected chi connectivity index (χ4v) is 3.32. The van der Waals surface area contributed by atoms with Crippen LogP contribution in [0.5, 0.6) is 0 Å². The highest BCUT2D eigenvalue weighted by molar-refractivity contribution is 7.80. The van der Waals surface area contributed by atoms with E-state index in [1.807, 2.05) is 0 Å². The molecule has 2 amide bonds. The minimum absolute atomic E-state index is 0.277. The Kier molecular flexibility index (Phi) is 3.16. The maximum absolute atomic E-state index is 12.3. The third-order valence-electron chi connectivity index (χ3n) is 3.72. The molecule has 0 spiro atoms. The van der Waals surface area contributed by atoms with Crippen molar-refractivity contribution in [2.24, 2.45) is 7.05 Å². The fourth-order valence-electron chi connectivity index (χ4n) is 2.95. The zero-order valence-electron chi connectivity index (χ0n) is 11.4. The number of nitrogens with one attached hydrogen (secondary N) is 1. The quantitative estimate of drug-likeness (QED) is 0.699. The first-order chi connectivity index (χ1) is 9.83. The summed E-state index contributed by atoms with van der Waals surface area (Å²) in [6, 6.07) is -1.50. The van der Waals surface area contributed by atoms with Gasteiger partial charge < -0.3 is 10.2 Å². The first kappa shape index (κ1) is 14.3. The Hall–Kier alpha value is -1.69. The van der Waals surface area contributed by atoms with Crippen molar-refractivity contribution >= 4 is 16.4 Å². The highest BCUT2D eigenvalue weighted by Gasteiger charge is 2.51. The van der Waals surface area contributed by atoms with Gasteiger partial charge in [-0.1, -0.05) is 0 Å². The molecule has 3 heterocycles. The molecule has 1 aromatic heterocycles. The molecule has 2 aliphatic heterocycles. The third kappa shape index (κ3) is 2.18. The number of rotatable bonds is 4. The van der Waals surface area contributed by atoms with Gasteiger partial charge in [0.25, 0.3) is 0 Å². The van der Waals surface area contributed by atoms with Gasteiger partial charge in [0.15, 0.2) is 0 Å². The number of nitrogens with zero attached hydrogens (tertiary/aromatic N) is 4. The molecule has 10 nitrogen and oxygen atoms in total. The standard InChI is InChI=1S/C10H15N5O5S/c1-11-4-7-9-6(3-12-13(9)2)8-5-14(7)10(16)15(8)20-21(17,18)19/h3,7-8,11H,4-5H2,1-2H3,(H,17,18,19). The van der Waals surface area contributed by atoms with Gasteiger partial charge in [-0.05, 0) is 7.05 Å². The topological polar surface area (TPSA) is 117 Å². The van der Waals surface area contributed by atoms with Gasteiger partial charge >= 0.3 is 16.4 Å². The number of carbonyl (C=O) groups is 1. The molecule has 116 valence electrons. The van der Waals surface area contributed by atoms with Crippen LogP contribution in [0.2, 0.25) is 0 Å². The summed E-state index contributed by atoms with van der Waals surface area (Å²) in [6.45, 7) is 0.768. The van der Waals surface area contributed by atoms with E-state index in [2.05, 4.69) is 14.7 Å². The number of amides is 2. The lowest BCUT2D eigenvalue weighted by Gasteiger charge is -2.30. The fraction of sp³-hybridized carbons (Fsp3) is 0.600. The van der Waals surface area contributed by atoms with Gasteiger partial charge in [0.05, 0.1) is 24.5 Å². The van der Waals surface area contributed by atoms with Crippen molar-refractivity contribution in [1.82, 2.24) is 25.1 Å². The molecule has 1 saturated heterocycles. The van der Waals surface area contributed by atoms with E-state index in [9.17, 15) is 13.2 Å². The number of urea groups is 1. The van der Waals surface area contributed by atoms with Crippen LogP contribution in [0.1, 0.15) is 23.3 Å². The van der Waals surface area contributed by atoms with Gasteiger partial charge in [0, 0.05) is 19.2 Å². The number of aromatic nitrogens is 2. The Morgan fingerprint density at radius 3 is 2.90 bits per heavy atom. The number of hydrogen-bond donors (Lipinski definition) is 2. The first-order valence-corrected chi connectivity index (χ1v) is 7.63. The van der Waals surface area contributed by atoms with Crippen molar-refractivity contribution in [1.29, 1.82) is 0 Å². The van der Waals surface area contributed by atoms with Gasteiger partial charge in [0.1, 0.15) is 6.04 Å². The molecule has 2 unspecified atom stereocenters. The average molecular weight is 317 g/mol. The molecule has 1 fully saturated rings. The number of fused-ring (bicyclic) bond motifs is 4. The van der Waals surface area contributed by atoms with Crippen LogP contribution >= 0.6 is 0 Å². The van der Waals surface area contributed by atoms with Crippen molar-refractivity contribution in [3.63, 3.8) is 0 Å². The summed E-state index contributed by atoms with van der Waals surface area (Å²) in [7, 11) is -1.25. The molecular formula is C10H15N5O5S. The molecule has 0 aromatic carbocycles. The zero-order chi connectivity index (χ0) is 15.4. The monoisotopic (exact) mass is 317 g/mol. The molecule has 0 aliphatic carbocycles. The van der Waals surface area contributed by atoms with E-state index >= 15 is 0 Å². The van der Waals surface area contributed by atoms with Crippen LogP contribution in [-0.2, 0) is 21.7 Å². The van der Waals surface area contributed by atoms with Crippen LogP contribution in [0.15, 0.2) is 6.20 Å². The highest BCUT2D eigenvalue weighted by atomic mass is 32.3. The Balaban J connectivity index is 2.05. The largest absolute Gasteiger partial charge is 0.418 e. The Labute approximate surface area is 121 Å². The Morgan fingerprint density at radius 1 is 1.57 bits per heavy atom. The van der Waals surface area contributed by atoms with Crippen molar-refractivity contribution in [3.8, 4) is 0 Å². The van der Waals surface area contributed by atoms with E-state index in [-0.39, 0.29) is 12.6 Å². The summed E-state index contributed by atoms with van der Waals surface area (Å²) in [5, 5.41) is 7.85. The Morgan fingerprint density at radius 2 is 2.29 bits per heavy atom. The maximum atomic E-state index is 12.3. The summed E-state index contributed by atoms with van der Waals surface area (Å²) < 4.78 is 36.8. The summed E-state index contributed by atoms with van der Waals surface area (Å²) in [6.07, 6.45) is 1.58. The van der Waals surface area contributed by atoms with Crippen LogP contribution in [0.3, 0.4) is 0 Å². The van der Waals surface area contributed by atoms with E-state index in [1.54, 1.807) is 25.0 Å². The van der Waals surface area contributed by atoms with Crippen LogP contribution in [0.4, 0.5) is 4.79 Å². The van der Waals surface area contributed by atoms with E-state index < -0.39 is 22.5 Å². The van der Waals surface area contributed by atoms with Crippen molar-refractivity contribution < 1.29 is 22.0 Å². The molecule has 2 bridgehead atoms. The van der Waals surface area contributed by atoms with Gasteiger partial charge in [0.2, 0.25) is 0 Å². The summed E-state index contributed by atoms with van der Waals surface area (Å²) in [5.41, 5.74) is 1.53. The average Bonchev–Trinajstić information content (AvgIpc) is 2.88. The molecule has 2 aliphatic rings. The van der Waals surface area contributed by atoms with Gasteiger partial charge in [-0.2, -0.15) is 18.6 Å². The van der Waals surface area contributed by atoms with Crippen molar-refractivity contribution in [2.75, 3.05) is 20.1 Å². The number of hydroxylamine groups is 2. The van der Waals surface area contributed by atoms with Crippen LogP contribution in [0.25, 0.3) is 0 Å². The molecular weight excluding hydrogens is 302 g/mol. The SMILES string of the molecule is CNCC1c2c(cnn2C)C2CN1C(=O)N2OS(=O)(=O)O. The van der Waals surface area contributed by atoms with Crippen LogP contribution < -0.4 is 5.32 Å². The molecule has 3 rings (SSSR count). The molecule has 11 heteroatoms. The smallest absolute Gasteiger partial charge is 0.317 e. The molecule has 0 radical (unpaired) electrons. The summed E-state index contributed by atoms with van der Waals surface area (Å²) >= 11 is 0. The number of hydrogen-bond acceptors (Lipinski definition) is 6. The van der Waals surface area contributed by atoms with Gasteiger partial charge in [-0.3, -0.25) is 9.23 Å². The molecule has 2 atom stereocenters. The van der Waals surface area contributed by atoms with Gasteiger partial charge in [-0.15, -0.1) is 4.28 Å². The van der Waals surface area contributed by atoms with Crippen molar-refractivity contribution in [3.05, 3.63) is 17.5 Å². The molecule has 1 aromatic rings. The predicted molar refractivity (Wildman–Crippen MR) is 69.2 cm³/mol. The zero-order valence-corrected chi connectivity index (χ0v) is 12.2. The third-order valence-corrected chi connectivity index (χ3v) is 4.07. The maximum Gasteiger partial charge on any atom is 0.418 e. The number of carbonyl (C=O) groups excluding carboxylic acids is 1. The minimum atomic E-state index is -4.77. The van der Waals surface area contributed by atoms with E-state index in [0.29, 0.717) is 17.2 Å². The summed E-state index contributed by atoms with van der Waals surface area (Å²) in [4.78, 5) is 13.8. The molecule has 0 saturated carbocycles. The molecule has 21 heavy (non-hydrogen) atoms. The highest BCUT2D eigenvalue weighted by Crippen LogP contribution is 2.43. The van der Waals surface area contributed by atoms with E-state index in [0.717, 1.165) is 5.69 Å². The lowest BCUT2D eigenvalue weighted by molar-refractivity contribution is -0.0317. The van der Waals surface area contributed by atoms with Crippen LogP contribution in [0, 0.1) is 0 Å². The normalized spacial score (nSPS) is 24.6. The summed E-state index contributed by atoms with van der Waals surface area (Å²) in [5.74, 6) is 0. The number of likely N-dealkylation sites (N-methyl/N-ethyl adjacent to an activating group) is 1. The second-order valence-corrected chi connectivity index (χ2v) is 5.97. The number of aryl methyl sites for hydroxylation is 1.